The number of aromatic amines is 1. The van der Waals surface area contributed by atoms with Crippen molar-refractivity contribution < 1.29 is 36.3 Å². The monoisotopic (exact) mass is 550 g/mol. The number of fused-ring (bicyclic) bond motifs is 1. The van der Waals surface area contributed by atoms with Crippen LogP contribution in [0.15, 0.2) is 46.0 Å². The largest absolute Gasteiger partial charge is 0.490 e. The zero-order valence-electron chi connectivity index (χ0n) is 19.3. The van der Waals surface area contributed by atoms with Crippen LogP contribution in [0.25, 0.3) is 11.0 Å². The maximum atomic E-state index is 13.8. The van der Waals surface area contributed by atoms with Crippen molar-refractivity contribution in [1.82, 2.24) is 9.55 Å². The Morgan fingerprint density at radius 1 is 1.00 bits per heavy atom. The van der Waals surface area contributed by atoms with Crippen molar-refractivity contribution in [2.75, 3.05) is 26.4 Å². The molecule has 0 unspecified atom stereocenters. The van der Waals surface area contributed by atoms with Crippen LogP contribution in [-0.2, 0) is 26.1 Å². The van der Waals surface area contributed by atoms with Gasteiger partial charge < -0.3 is 23.5 Å². The molecule has 0 spiro atoms. The normalized spacial score (nSPS) is 12.2. The van der Waals surface area contributed by atoms with Gasteiger partial charge >= 0.3 is 24.9 Å². The first-order valence-electron chi connectivity index (χ1n) is 10.7. The van der Waals surface area contributed by atoms with Gasteiger partial charge in [-0.1, -0.05) is 11.6 Å². The van der Waals surface area contributed by atoms with Crippen molar-refractivity contribution in [2.45, 2.75) is 26.3 Å². The number of benzene rings is 2. The predicted molar refractivity (Wildman–Crippen MR) is 127 cm³/mol. The van der Waals surface area contributed by atoms with Crippen LogP contribution in [0.1, 0.15) is 19.4 Å². The number of aromatic nitrogens is 2. The van der Waals surface area contributed by atoms with E-state index in [-0.39, 0.29) is 37.5 Å². The van der Waals surface area contributed by atoms with Gasteiger partial charge in [0.05, 0.1) is 29.8 Å². The van der Waals surface area contributed by atoms with Crippen molar-refractivity contribution in [3.63, 3.8) is 0 Å². The Labute approximate surface area is 208 Å². The minimum absolute atomic E-state index is 0.0205. The quantitative estimate of drug-likeness (QED) is 0.202. The molecule has 196 valence electrons. The average molecular weight is 551 g/mol. The molecule has 1 heterocycles. The Balaban J connectivity index is 2.00. The van der Waals surface area contributed by atoms with Crippen molar-refractivity contribution in [3.05, 3.63) is 67.7 Å². The van der Waals surface area contributed by atoms with Gasteiger partial charge in [-0.05, 0) is 44.2 Å². The summed E-state index contributed by atoms with van der Waals surface area (Å²) in [6, 6.07) is 7.94. The predicted octanol–water partition coefficient (Wildman–Crippen LogP) is 5.04. The first kappa shape index (κ1) is 27.8. The van der Waals surface area contributed by atoms with Crippen LogP contribution in [0.3, 0.4) is 0 Å². The number of hydrogen-bond acceptors (Lipinski definition) is 7. The summed E-state index contributed by atoms with van der Waals surface area (Å²) < 4.78 is 76.2. The molecule has 0 atom stereocenters. The second kappa shape index (κ2) is 11.5. The number of hydrogen-bond donors (Lipinski definition) is 1. The zero-order valence-corrected chi connectivity index (χ0v) is 20.9. The van der Waals surface area contributed by atoms with Crippen LogP contribution in [-0.4, -0.2) is 36.0 Å². The molecule has 9 nitrogen and oxygen atoms in total. The number of ether oxygens (including phenoxy) is 2. The van der Waals surface area contributed by atoms with E-state index < -0.39 is 42.5 Å². The van der Waals surface area contributed by atoms with E-state index in [1.165, 1.54) is 0 Å². The molecule has 3 aromatic rings. The van der Waals surface area contributed by atoms with E-state index in [0.29, 0.717) is 16.8 Å². The summed E-state index contributed by atoms with van der Waals surface area (Å²) >= 11 is 5.80. The van der Waals surface area contributed by atoms with Gasteiger partial charge in [-0.25, -0.2) is 0 Å². The molecule has 0 bridgehead atoms. The molecule has 1 aromatic heterocycles. The Morgan fingerprint density at radius 2 is 1.61 bits per heavy atom. The Hall–Kier alpha value is -2.79. The molecule has 0 fully saturated rings. The molecule has 0 aliphatic rings. The van der Waals surface area contributed by atoms with E-state index in [4.69, 9.17) is 30.1 Å². The molecular formula is C22H23ClF3N2O7P. The lowest BCUT2D eigenvalue weighted by atomic mass is 10.1. The van der Waals surface area contributed by atoms with Crippen LogP contribution in [0.5, 0.6) is 11.5 Å². The topological polar surface area (TPSA) is 109 Å². The van der Waals surface area contributed by atoms with Gasteiger partial charge in [0.15, 0.2) is 0 Å². The van der Waals surface area contributed by atoms with Crippen molar-refractivity contribution in [1.29, 1.82) is 0 Å². The smallest absolute Gasteiger partial charge is 0.420 e. The van der Waals surface area contributed by atoms with E-state index in [0.717, 1.165) is 10.6 Å². The number of alkyl halides is 3. The molecule has 1 N–H and O–H groups in total. The second-order valence-corrected chi connectivity index (χ2v) is 9.75. The van der Waals surface area contributed by atoms with Crippen LogP contribution in [0.2, 0.25) is 5.02 Å². The molecule has 0 aliphatic carbocycles. The number of nitrogens with one attached hydrogen (secondary N) is 1. The molecule has 0 amide bonds. The maximum absolute atomic E-state index is 13.8. The van der Waals surface area contributed by atoms with E-state index in [2.05, 4.69) is 4.98 Å². The molecule has 36 heavy (non-hydrogen) atoms. The summed E-state index contributed by atoms with van der Waals surface area (Å²) in [4.78, 5) is 26.9. The molecule has 0 saturated carbocycles. The fourth-order valence-corrected chi connectivity index (χ4v) is 5.09. The van der Waals surface area contributed by atoms with Gasteiger partial charge in [-0.3, -0.25) is 18.7 Å². The highest BCUT2D eigenvalue weighted by Crippen LogP contribution is 2.50. The standard InChI is InChI=1S/C22H23ClF3N2O7P/c1-3-34-36(31,35-4-2)13-28-18-12-19(33-10-9-32-15-7-5-14(23)6-8-15)16(22(24,25)26)11-17(18)27-20(29)21(28)30/h5-8,11-12H,3-4,9-10,13H2,1-2H3,(H,27,29). The van der Waals surface area contributed by atoms with Crippen molar-refractivity contribution >= 4 is 30.2 Å². The second-order valence-electron chi connectivity index (χ2n) is 7.29. The van der Waals surface area contributed by atoms with E-state index in [1.54, 1.807) is 38.1 Å². The summed E-state index contributed by atoms with van der Waals surface area (Å²) in [5, 5.41) is 0.492. The Kier molecular flexibility index (Phi) is 8.89. The highest BCUT2D eigenvalue weighted by atomic mass is 35.5. The van der Waals surface area contributed by atoms with Crippen LogP contribution >= 0.6 is 19.2 Å². The lowest BCUT2D eigenvalue weighted by Gasteiger charge is -2.20. The van der Waals surface area contributed by atoms with Crippen molar-refractivity contribution in [3.8, 4) is 11.5 Å². The molecule has 2 aromatic carbocycles. The van der Waals surface area contributed by atoms with Gasteiger partial charge in [-0.15, -0.1) is 0 Å². The number of rotatable bonds is 11. The Morgan fingerprint density at radius 3 is 2.19 bits per heavy atom. The molecule has 3 rings (SSSR count). The number of H-pyrrole nitrogens is 1. The van der Waals surface area contributed by atoms with Gasteiger partial charge in [0.25, 0.3) is 0 Å². The first-order chi connectivity index (χ1) is 17.0. The van der Waals surface area contributed by atoms with Crippen LogP contribution in [0.4, 0.5) is 13.2 Å². The summed E-state index contributed by atoms with van der Waals surface area (Å²) in [5.41, 5.74) is -3.98. The molecule has 14 heteroatoms. The van der Waals surface area contributed by atoms with Crippen LogP contribution < -0.4 is 20.6 Å². The third-order valence-electron chi connectivity index (χ3n) is 4.77. The van der Waals surface area contributed by atoms with Gasteiger partial charge in [-0.2, -0.15) is 13.2 Å². The van der Waals surface area contributed by atoms with Gasteiger partial charge in [0, 0.05) is 11.1 Å². The van der Waals surface area contributed by atoms with E-state index >= 15 is 0 Å². The summed E-state index contributed by atoms with van der Waals surface area (Å²) in [7, 11) is -3.90. The van der Waals surface area contributed by atoms with Crippen LogP contribution in [0, 0.1) is 0 Å². The van der Waals surface area contributed by atoms with Crippen molar-refractivity contribution in [2.24, 2.45) is 0 Å². The molecule has 0 saturated heterocycles. The molecule has 0 aliphatic heterocycles. The minimum atomic E-state index is -4.84. The lowest BCUT2D eigenvalue weighted by Crippen LogP contribution is -2.36. The average Bonchev–Trinajstić information content (AvgIpc) is 2.80. The molecule has 0 radical (unpaired) electrons. The minimum Gasteiger partial charge on any atom is -0.490 e. The van der Waals surface area contributed by atoms with Gasteiger partial charge in [0.2, 0.25) is 0 Å². The Bertz CT molecular complexity index is 1360. The molecular weight excluding hydrogens is 528 g/mol. The number of nitrogens with zero attached hydrogens (tertiary/aromatic N) is 1. The summed E-state index contributed by atoms with van der Waals surface area (Å²) in [6.45, 7) is 2.69. The summed E-state index contributed by atoms with van der Waals surface area (Å²) in [5.74, 6) is -0.177. The fraction of sp³-hybridized carbons (Fsp3) is 0.364. The highest BCUT2D eigenvalue weighted by Gasteiger charge is 2.36. The van der Waals surface area contributed by atoms with E-state index in [9.17, 15) is 27.3 Å². The summed E-state index contributed by atoms with van der Waals surface area (Å²) in [6.07, 6.45) is -5.53. The number of halogens is 4. The SMILES string of the molecule is CCOP(=O)(Cn1c(=O)c(=O)[nH]c2cc(C(F)(F)F)c(OCCOc3ccc(Cl)cc3)cc21)OCC. The third-order valence-corrected chi connectivity index (χ3v) is 6.96. The maximum Gasteiger partial charge on any atom is 0.420 e. The fourth-order valence-electron chi connectivity index (χ4n) is 3.31. The highest BCUT2D eigenvalue weighted by molar-refractivity contribution is 7.52. The lowest BCUT2D eigenvalue weighted by molar-refractivity contribution is -0.138. The van der Waals surface area contributed by atoms with E-state index in [1.807, 2.05) is 0 Å². The van der Waals surface area contributed by atoms with Gasteiger partial charge in [0.1, 0.15) is 31.0 Å². The third kappa shape index (κ3) is 6.70. The zero-order chi connectivity index (χ0) is 26.5. The first-order valence-corrected chi connectivity index (χ1v) is 12.9.